The van der Waals surface area contributed by atoms with Crippen LogP contribution in [0.25, 0.3) is 10.2 Å². The molecule has 2 aromatic heterocycles. The van der Waals surface area contributed by atoms with Crippen LogP contribution in [-0.2, 0) is 20.7 Å². The zero-order valence-electron chi connectivity index (χ0n) is 18.7. The number of carbonyl (C=O) groups excluding carboxylic acids is 2. The highest BCUT2D eigenvalue weighted by atomic mass is 35.5. The fraction of sp³-hybridized carbons (Fsp3) is 0.417. The second-order valence-corrected chi connectivity index (χ2v) is 9.30. The largest absolute Gasteiger partial charge is 0.466 e. The summed E-state index contributed by atoms with van der Waals surface area (Å²) >= 11 is 7.49. The average Bonchev–Trinajstić information content (AvgIpc) is 3.15. The number of piperidine rings is 1. The molecule has 1 saturated heterocycles. The summed E-state index contributed by atoms with van der Waals surface area (Å²) < 4.78 is 10.8. The molecule has 174 valence electrons. The minimum Gasteiger partial charge on any atom is -0.466 e. The molecule has 1 atom stereocenters. The normalized spacial score (nSPS) is 16.1. The van der Waals surface area contributed by atoms with E-state index in [2.05, 4.69) is 9.97 Å². The second kappa shape index (κ2) is 10.5. The molecule has 9 heteroatoms. The van der Waals surface area contributed by atoms with E-state index in [-0.39, 0.29) is 23.1 Å². The number of aryl methyl sites for hydroxylation is 1. The Hall–Kier alpha value is -2.71. The quantitative estimate of drug-likeness (QED) is 0.348. The van der Waals surface area contributed by atoms with E-state index >= 15 is 0 Å². The second-order valence-electron chi connectivity index (χ2n) is 7.96. The molecule has 1 aliphatic rings. The van der Waals surface area contributed by atoms with Gasteiger partial charge in [0.15, 0.2) is 0 Å². The molecule has 0 saturated carbocycles. The molecule has 0 amide bonds. The van der Waals surface area contributed by atoms with E-state index in [9.17, 15) is 9.59 Å². The first kappa shape index (κ1) is 23.4. The van der Waals surface area contributed by atoms with Crippen LogP contribution in [0, 0.1) is 12.8 Å². The molecule has 3 heterocycles. The van der Waals surface area contributed by atoms with E-state index in [0.29, 0.717) is 41.7 Å². The van der Waals surface area contributed by atoms with Crippen LogP contribution in [0.2, 0.25) is 5.28 Å². The van der Waals surface area contributed by atoms with Crippen LogP contribution in [0.5, 0.6) is 0 Å². The Bertz CT molecular complexity index is 1150. The third kappa shape index (κ3) is 5.28. The molecular formula is C24H26ClN3O4S. The predicted molar refractivity (Wildman–Crippen MR) is 129 cm³/mol. The summed E-state index contributed by atoms with van der Waals surface area (Å²) in [4.78, 5) is 37.2. The Labute approximate surface area is 201 Å². The van der Waals surface area contributed by atoms with Crippen LogP contribution < -0.4 is 4.90 Å². The SMILES string of the molecule is CCOC(=O)C1CCCN(c2nc(Cl)nc3sc(C(=O)OCCc4ccccc4)c(C)c23)C1. The number of thiophene rings is 1. The number of ether oxygens (including phenoxy) is 2. The number of benzene rings is 1. The van der Waals surface area contributed by atoms with Gasteiger partial charge in [-0.3, -0.25) is 4.79 Å². The van der Waals surface area contributed by atoms with E-state index < -0.39 is 0 Å². The Morgan fingerprint density at radius 3 is 2.76 bits per heavy atom. The van der Waals surface area contributed by atoms with Crippen LogP contribution >= 0.6 is 22.9 Å². The number of rotatable bonds is 7. The maximum Gasteiger partial charge on any atom is 0.348 e. The van der Waals surface area contributed by atoms with Gasteiger partial charge in [0.05, 0.1) is 24.5 Å². The van der Waals surface area contributed by atoms with Gasteiger partial charge in [-0.15, -0.1) is 11.3 Å². The van der Waals surface area contributed by atoms with Crippen molar-refractivity contribution < 1.29 is 19.1 Å². The number of halogens is 1. The van der Waals surface area contributed by atoms with Crippen LogP contribution in [-0.4, -0.2) is 48.2 Å². The zero-order chi connectivity index (χ0) is 23.4. The van der Waals surface area contributed by atoms with E-state index in [1.807, 2.05) is 42.2 Å². The van der Waals surface area contributed by atoms with Crippen molar-refractivity contribution in [1.29, 1.82) is 0 Å². The van der Waals surface area contributed by atoms with Gasteiger partial charge in [-0.2, -0.15) is 4.98 Å². The van der Waals surface area contributed by atoms with Crippen LogP contribution in [0.3, 0.4) is 0 Å². The van der Waals surface area contributed by atoms with Crippen molar-refractivity contribution in [2.45, 2.75) is 33.1 Å². The molecule has 1 aromatic carbocycles. The molecule has 3 aromatic rings. The number of carbonyl (C=O) groups is 2. The van der Waals surface area contributed by atoms with Gasteiger partial charge in [0.25, 0.3) is 0 Å². The van der Waals surface area contributed by atoms with Gasteiger partial charge in [0.1, 0.15) is 15.5 Å². The summed E-state index contributed by atoms with van der Waals surface area (Å²) in [5.74, 6) is -0.139. The number of hydrogen-bond donors (Lipinski definition) is 0. The third-order valence-electron chi connectivity index (χ3n) is 5.74. The zero-order valence-corrected chi connectivity index (χ0v) is 20.2. The molecule has 0 aliphatic carbocycles. The van der Waals surface area contributed by atoms with Crippen molar-refractivity contribution in [3.05, 3.63) is 51.6 Å². The average molecular weight is 488 g/mol. The maximum atomic E-state index is 12.8. The Balaban J connectivity index is 1.56. The summed E-state index contributed by atoms with van der Waals surface area (Å²) in [5, 5.41) is 0.893. The van der Waals surface area contributed by atoms with Crippen molar-refractivity contribution in [3.8, 4) is 0 Å². The van der Waals surface area contributed by atoms with Gasteiger partial charge in [0.2, 0.25) is 5.28 Å². The molecule has 1 unspecified atom stereocenters. The van der Waals surface area contributed by atoms with Crippen molar-refractivity contribution in [2.75, 3.05) is 31.2 Å². The monoisotopic (exact) mass is 487 g/mol. The van der Waals surface area contributed by atoms with E-state index in [0.717, 1.165) is 35.9 Å². The minimum atomic E-state index is -0.378. The highest BCUT2D eigenvalue weighted by Gasteiger charge is 2.30. The number of hydrogen-bond acceptors (Lipinski definition) is 8. The van der Waals surface area contributed by atoms with Gasteiger partial charge in [-0.25, -0.2) is 9.78 Å². The highest BCUT2D eigenvalue weighted by molar-refractivity contribution is 7.20. The first-order valence-electron chi connectivity index (χ1n) is 11.1. The lowest BCUT2D eigenvalue weighted by Gasteiger charge is -2.32. The van der Waals surface area contributed by atoms with Crippen molar-refractivity contribution in [2.24, 2.45) is 5.92 Å². The van der Waals surface area contributed by atoms with Gasteiger partial charge in [-0.1, -0.05) is 30.3 Å². The highest BCUT2D eigenvalue weighted by Crippen LogP contribution is 2.38. The molecule has 1 fully saturated rings. The molecule has 7 nitrogen and oxygen atoms in total. The third-order valence-corrected chi connectivity index (χ3v) is 7.07. The number of fused-ring (bicyclic) bond motifs is 1. The molecule has 1 aliphatic heterocycles. The fourth-order valence-electron chi connectivity index (χ4n) is 4.11. The standard InChI is InChI=1S/C24H26ClN3O4S/c1-3-31-22(29)17-10-7-12-28(14-17)20-18-15(2)19(33-21(18)27-24(25)26-20)23(30)32-13-11-16-8-5-4-6-9-16/h4-6,8-9,17H,3,7,10-14H2,1-2H3. The lowest BCUT2D eigenvalue weighted by atomic mass is 9.98. The van der Waals surface area contributed by atoms with Crippen molar-refractivity contribution in [3.63, 3.8) is 0 Å². The molecular weight excluding hydrogens is 462 g/mol. The van der Waals surface area contributed by atoms with Gasteiger partial charge in [0, 0.05) is 19.5 Å². The maximum absolute atomic E-state index is 12.8. The van der Waals surface area contributed by atoms with E-state index in [1.165, 1.54) is 11.3 Å². The fourth-order valence-corrected chi connectivity index (χ4v) is 5.39. The number of anilines is 1. The van der Waals surface area contributed by atoms with Gasteiger partial charge >= 0.3 is 11.9 Å². The summed E-state index contributed by atoms with van der Waals surface area (Å²) in [6.07, 6.45) is 2.26. The predicted octanol–water partition coefficient (Wildman–Crippen LogP) is 4.83. The van der Waals surface area contributed by atoms with Crippen LogP contribution in [0.4, 0.5) is 5.82 Å². The molecule has 33 heavy (non-hydrogen) atoms. The van der Waals surface area contributed by atoms with E-state index in [4.69, 9.17) is 21.1 Å². The lowest BCUT2D eigenvalue weighted by molar-refractivity contribution is -0.148. The topological polar surface area (TPSA) is 81.6 Å². The van der Waals surface area contributed by atoms with E-state index in [1.54, 1.807) is 6.92 Å². The Morgan fingerprint density at radius 2 is 2.00 bits per heavy atom. The lowest BCUT2D eigenvalue weighted by Crippen LogP contribution is -2.40. The summed E-state index contributed by atoms with van der Waals surface area (Å²) in [5.41, 5.74) is 1.88. The molecule has 0 radical (unpaired) electrons. The Kier molecular flexibility index (Phi) is 7.45. The Morgan fingerprint density at radius 1 is 1.21 bits per heavy atom. The summed E-state index contributed by atoms with van der Waals surface area (Å²) in [6, 6.07) is 9.89. The molecule has 0 N–H and O–H groups in total. The number of esters is 2. The summed E-state index contributed by atoms with van der Waals surface area (Å²) in [6.45, 7) is 5.57. The molecule has 0 spiro atoms. The smallest absolute Gasteiger partial charge is 0.348 e. The van der Waals surface area contributed by atoms with Crippen LogP contribution in [0.15, 0.2) is 30.3 Å². The number of aromatic nitrogens is 2. The first-order valence-corrected chi connectivity index (χ1v) is 12.3. The minimum absolute atomic E-state index is 0.112. The van der Waals surface area contributed by atoms with Gasteiger partial charge in [-0.05, 0) is 49.4 Å². The number of nitrogens with zero attached hydrogens (tertiary/aromatic N) is 3. The van der Waals surface area contributed by atoms with Crippen molar-refractivity contribution >= 4 is 50.9 Å². The first-order chi connectivity index (χ1) is 16.0. The molecule has 0 bridgehead atoms. The van der Waals surface area contributed by atoms with Crippen molar-refractivity contribution in [1.82, 2.24) is 9.97 Å². The summed E-state index contributed by atoms with van der Waals surface area (Å²) in [7, 11) is 0. The molecule has 4 rings (SSSR count). The van der Waals surface area contributed by atoms with Crippen LogP contribution in [0.1, 0.15) is 40.6 Å². The van der Waals surface area contributed by atoms with Gasteiger partial charge < -0.3 is 14.4 Å².